The Balaban J connectivity index is 3.19. The lowest BCUT2D eigenvalue weighted by Gasteiger charge is -2.35. The number of hydrogen-bond donors (Lipinski definition) is 1. The molecule has 0 aromatic carbocycles. The molecule has 0 aliphatic heterocycles. The average Bonchev–Trinajstić information content (AvgIpc) is 2.71. The molecule has 0 unspecified atom stereocenters. The third-order valence-electron chi connectivity index (χ3n) is 3.53. The molecule has 0 saturated carbocycles. The minimum absolute atomic E-state index is 0.359. The fourth-order valence-corrected chi connectivity index (χ4v) is 3.43. The molecular weight excluding hydrogens is 396 g/mol. The molecule has 1 N–H and O–H groups in total. The van der Waals surface area contributed by atoms with Crippen molar-refractivity contribution in [1.29, 1.82) is 0 Å². The van der Waals surface area contributed by atoms with Crippen LogP contribution in [0, 0.1) is 6.92 Å². The Morgan fingerprint density at radius 1 is 1.25 bits per heavy atom. The molecule has 1 aromatic rings. The van der Waals surface area contributed by atoms with Crippen LogP contribution in [0.5, 0.6) is 0 Å². The Labute approximate surface area is 154 Å². The smallest absolute Gasteiger partial charge is 0.331 e. The van der Waals surface area contributed by atoms with Gasteiger partial charge in [-0.05, 0) is 63.0 Å². The van der Waals surface area contributed by atoms with Crippen LogP contribution in [0.2, 0.25) is 0 Å². The van der Waals surface area contributed by atoms with Gasteiger partial charge in [-0.1, -0.05) is 0 Å². The Hall–Kier alpha value is -1.41. The van der Waals surface area contributed by atoms with Crippen molar-refractivity contribution in [3.8, 4) is 0 Å². The van der Waals surface area contributed by atoms with E-state index in [2.05, 4.69) is 21.2 Å². The van der Waals surface area contributed by atoms with Gasteiger partial charge in [-0.15, -0.1) is 11.3 Å². The average molecular weight is 419 g/mol. The van der Waals surface area contributed by atoms with Crippen molar-refractivity contribution < 1.29 is 19.1 Å². The molecule has 0 aliphatic rings. The molecule has 134 valence electrons. The summed E-state index contributed by atoms with van der Waals surface area (Å²) in [5, 5.41) is 2.97. The summed E-state index contributed by atoms with van der Waals surface area (Å²) >= 11 is 4.62. The van der Waals surface area contributed by atoms with Crippen molar-refractivity contribution in [2.45, 2.75) is 52.7 Å². The molecule has 24 heavy (non-hydrogen) atoms. The highest BCUT2D eigenvalue weighted by Crippen LogP contribution is 2.38. The summed E-state index contributed by atoms with van der Waals surface area (Å²) in [6.45, 7) is 10.3. The summed E-state index contributed by atoms with van der Waals surface area (Å²) < 4.78 is 6.16. The second-order valence-corrected chi connectivity index (χ2v) is 9.23. The number of carbonyl (C=O) groups is 3. The summed E-state index contributed by atoms with van der Waals surface area (Å²) in [7, 11) is 1.54. The van der Waals surface area contributed by atoms with E-state index in [4.69, 9.17) is 4.74 Å². The number of amides is 2. The number of rotatable bonds is 5. The zero-order valence-corrected chi connectivity index (χ0v) is 17.3. The quantitative estimate of drug-likeness (QED) is 0.585. The van der Waals surface area contributed by atoms with E-state index < -0.39 is 17.1 Å². The van der Waals surface area contributed by atoms with E-state index in [1.54, 1.807) is 48.6 Å². The highest BCUT2D eigenvalue weighted by Gasteiger charge is 2.40. The summed E-state index contributed by atoms with van der Waals surface area (Å²) in [5.74, 6) is -0.864. The highest BCUT2D eigenvalue weighted by molar-refractivity contribution is 9.11. The van der Waals surface area contributed by atoms with Crippen molar-refractivity contribution in [3.05, 3.63) is 14.9 Å². The predicted octanol–water partition coefficient (Wildman–Crippen LogP) is 3.58. The molecule has 0 fully saturated rings. The van der Waals surface area contributed by atoms with Crippen molar-refractivity contribution >= 4 is 50.6 Å². The standard InChI is InChI=1S/C16H23BrN2O4S/c1-9-10(12(18-8-20)24-11(9)17)13(21)19(7)16(5,6)14(22)23-15(2,3)4/h8H,1-7H3,(H,18,20). The monoisotopic (exact) mass is 418 g/mol. The number of ether oxygens (including phenoxy) is 1. The number of esters is 1. The molecule has 0 aliphatic carbocycles. The van der Waals surface area contributed by atoms with Gasteiger partial charge in [0, 0.05) is 7.05 Å². The van der Waals surface area contributed by atoms with Crippen LogP contribution in [0.1, 0.15) is 50.5 Å². The number of hydrogen-bond acceptors (Lipinski definition) is 5. The Kier molecular flexibility index (Phi) is 6.21. The molecule has 0 radical (unpaired) electrons. The van der Waals surface area contributed by atoms with Gasteiger partial charge in [0.1, 0.15) is 16.1 Å². The lowest BCUT2D eigenvalue weighted by molar-refractivity contribution is -0.165. The van der Waals surface area contributed by atoms with E-state index >= 15 is 0 Å². The largest absolute Gasteiger partial charge is 0.458 e. The van der Waals surface area contributed by atoms with E-state index in [1.807, 2.05) is 0 Å². The molecule has 0 bridgehead atoms. The molecule has 1 heterocycles. The van der Waals surface area contributed by atoms with E-state index in [0.29, 0.717) is 22.5 Å². The zero-order chi connectivity index (χ0) is 18.9. The maximum atomic E-state index is 12.9. The highest BCUT2D eigenvalue weighted by atomic mass is 79.9. The van der Waals surface area contributed by atoms with Crippen LogP contribution in [-0.2, 0) is 14.3 Å². The van der Waals surface area contributed by atoms with Gasteiger partial charge in [0.2, 0.25) is 6.41 Å². The number of thiophene rings is 1. The minimum Gasteiger partial charge on any atom is -0.458 e. The molecule has 6 nitrogen and oxygen atoms in total. The molecule has 1 aromatic heterocycles. The topological polar surface area (TPSA) is 75.7 Å². The summed E-state index contributed by atoms with van der Waals surface area (Å²) in [5.41, 5.74) is -0.743. The number of carbonyl (C=O) groups excluding carboxylic acids is 3. The van der Waals surface area contributed by atoms with E-state index in [-0.39, 0.29) is 5.91 Å². The summed E-state index contributed by atoms with van der Waals surface area (Å²) in [4.78, 5) is 37.5. The second-order valence-electron chi connectivity index (χ2n) is 6.89. The fourth-order valence-electron chi connectivity index (χ4n) is 1.86. The van der Waals surface area contributed by atoms with Gasteiger partial charge >= 0.3 is 5.97 Å². The third-order valence-corrected chi connectivity index (χ3v) is 5.63. The third kappa shape index (κ3) is 4.36. The number of nitrogens with one attached hydrogen (secondary N) is 1. The van der Waals surface area contributed by atoms with Gasteiger partial charge in [0.25, 0.3) is 5.91 Å². The minimum atomic E-state index is -1.16. The van der Waals surface area contributed by atoms with E-state index in [0.717, 1.165) is 3.79 Å². The van der Waals surface area contributed by atoms with E-state index in [9.17, 15) is 14.4 Å². The zero-order valence-electron chi connectivity index (χ0n) is 14.9. The lowest BCUT2D eigenvalue weighted by Crippen LogP contribution is -2.53. The van der Waals surface area contributed by atoms with Crippen molar-refractivity contribution in [1.82, 2.24) is 4.90 Å². The molecule has 1 rings (SSSR count). The number of likely N-dealkylation sites (N-methyl/N-ethyl adjacent to an activating group) is 1. The van der Waals surface area contributed by atoms with Gasteiger partial charge in [-0.2, -0.15) is 0 Å². The molecule has 0 spiro atoms. The first-order valence-electron chi connectivity index (χ1n) is 7.33. The maximum absolute atomic E-state index is 12.9. The Morgan fingerprint density at radius 2 is 1.79 bits per heavy atom. The summed E-state index contributed by atoms with van der Waals surface area (Å²) in [6, 6.07) is 0. The van der Waals surface area contributed by atoms with Gasteiger partial charge in [-0.25, -0.2) is 4.79 Å². The SMILES string of the molecule is Cc1c(Br)sc(NC=O)c1C(=O)N(C)C(C)(C)C(=O)OC(C)(C)C. The van der Waals surface area contributed by atoms with Crippen molar-refractivity contribution in [2.24, 2.45) is 0 Å². The first-order valence-corrected chi connectivity index (χ1v) is 8.94. The molecular formula is C16H23BrN2O4S. The van der Waals surface area contributed by atoms with Crippen molar-refractivity contribution in [3.63, 3.8) is 0 Å². The first kappa shape index (κ1) is 20.6. The van der Waals surface area contributed by atoms with Crippen LogP contribution >= 0.6 is 27.3 Å². The van der Waals surface area contributed by atoms with Crippen LogP contribution in [0.4, 0.5) is 5.00 Å². The van der Waals surface area contributed by atoms with Gasteiger partial charge in [0.05, 0.1) is 9.35 Å². The summed E-state index contributed by atoms with van der Waals surface area (Å²) in [6.07, 6.45) is 0.521. The van der Waals surface area contributed by atoms with Crippen LogP contribution in [0.15, 0.2) is 3.79 Å². The van der Waals surface area contributed by atoms with Gasteiger partial charge in [0.15, 0.2) is 0 Å². The fraction of sp³-hybridized carbons (Fsp3) is 0.562. The normalized spacial score (nSPS) is 11.8. The van der Waals surface area contributed by atoms with Gasteiger partial charge < -0.3 is 15.0 Å². The van der Waals surface area contributed by atoms with Crippen LogP contribution < -0.4 is 5.32 Å². The molecule has 2 amide bonds. The second kappa shape index (κ2) is 7.23. The van der Waals surface area contributed by atoms with E-state index in [1.165, 1.54) is 16.2 Å². The predicted molar refractivity (Wildman–Crippen MR) is 98.5 cm³/mol. The van der Waals surface area contributed by atoms with Crippen LogP contribution in [-0.4, -0.2) is 41.4 Å². The lowest BCUT2D eigenvalue weighted by atomic mass is 10.0. The van der Waals surface area contributed by atoms with Gasteiger partial charge in [-0.3, -0.25) is 9.59 Å². The number of halogens is 1. The van der Waals surface area contributed by atoms with Crippen LogP contribution in [0.3, 0.4) is 0 Å². The maximum Gasteiger partial charge on any atom is 0.331 e. The number of anilines is 1. The first-order chi connectivity index (χ1) is 10.8. The molecule has 8 heteroatoms. The Bertz CT molecular complexity index is 662. The van der Waals surface area contributed by atoms with Crippen LogP contribution in [0.25, 0.3) is 0 Å². The molecule has 0 saturated heterocycles. The van der Waals surface area contributed by atoms with Crippen molar-refractivity contribution in [2.75, 3.05) is 12.4 Å². The molecule has 0 atom stereocenters. The number of nitrogens with zero attached hydrogens (tertiary/aromatic N) is 1. The Morgan fingerprint density at radius 3 is 2.25 bits per heavy atom.